The maximum Gasteiger partial charge on any atom is 0.244 e. The number of halogens is 1. The van der Waals surface area contributed by atoms with E-state index in [-0.39, 0.29) is 18.1 Å². The van der Waals surface area contributed by atoms with Gasteiger partial charge in [-0.3, -0.25) is 13.9 Å². The van der Waals surface area contributed by atoms with Gasteiger partial charge in [-0.25, -0.2) is 12.8 Å². The lowest BCUT2D eigenvalue weighted by molar-refractivity contribution is -0.139. The number of hydrogen-bond acceptors (Lipinski definition) is 4. The normalized spacial score (nSPS) is 12.1. The van der Waals surface area contributed by atoms with Crippen LogP contribution in [0.3, 0.4) is 0 Å². The molecule has 0 saturated carbocycles. The molecule has 9 heteroatoms. The minimum atomic E-state index is -3.95. The summed E-state index contributed by atoms with van der Waals surface area (Å²) in [7, 11) is -3.95. The van der Waals surface area contributed by atoms with Crippen LogP contribution in [0.15, 0.2) is 54.6 Å². The van der Waals surface area contributed by atoms with Crippen LogP contribution in [0, 0.1) is 5.82 Å². The SMILES string of the molecule is CCNC(=O)C(C)N(Cc1ccccc1)C(=O)CN(c1ccccc1F)S(C)(=O)=O. The van der Waals surface area contributed by atoms with E-state index in [1.54, 1.807) is 38.1 Å². The first-order chi connectivity index (χ1) is 14.1. The molecule has 2 rings (SSSR count). The number of carbonyl (C=O) groups excluding carboxylic acids is 2. The van der Waals surface area contributed by atoms with E-state index in [9.17, 15) is 22.4 Å². The van der Waals surface area contributed by atoms with Crippen LogP contribution in [0.2, 0.25) is 0 Å². The van der Waals surface area contributed by atoms with E-state index in [4.69, 9.17) is 0 Å². The zero-order chi connectivity index (χ0) is 22.3. The molecule has 0 bridgehead atoms. The van der Waals surface area contributed by atoms with Crippen molar-refractivity contribution in [1.29, 1.82) is 0 Å². The molecule has 162 valence electrons. The fourth-order valence-electron chi connectivity index (χ4n) is 2.93. The highest BCUT2D eigenvalue weighted by Gasteiger charge is 2.30. The third kappa shape index (κ3) is 6.03. The van der Waals surface area contributed by atoms with E-state index in [0.717, 1.165) is 17.9 Å². The molecular formula is C21H26FN3O4S. The molecule has 0 aliphatic rings. The summed E-state index contributed by atoms with van der Waals surface area (Å²) in [5, 5.41) is 2.67. The molecule has 0 saturated heterocycles. The minimum absolute atomic E-state index is 0.104. The Hall–Kier alpha value is -2.94. The Bertz CT molecular complexity index is 983. The molecule has 30 heavy (non-hydrogen) atoms. The third-order valence-electron chi connectivity index (χ3n) is 4.51. The Labute approximate surface area is 176 Å². The topological polar surface area (TPSA) is 86.8 Å². The summed E-state index contributed by atoms with van der Waals surface area (Å²) < 4.78 is 39.6. The number of rotatable bonds is 9. The molecule has 7 nitrogen and oxygen atoms in total. The maximum atomic E-state index is 14.3. The Balaban J connectivity index is 2.37. The first kappa shape index (κ1) is 23.3. The average Bonchev–Trinajstić information content (AvgIpc) is 2.70. The number of amides is 2. The van der Waals surface area contributed by atoms with E-state index in [0.29, 0.717) is 10.8 Å². The highest BCUT2D eigenvalue weighted by atomic mass is 32.2. The minimum Gasteiger partial charge on any atom is -0.355 e. The van der Waals surface area contributed by atoms with Gasteiger partial charge in [0.15, 0.2) is 0 Å². The lowest BCUT2D eigenvalue weighted by Crippen LogP contribution is -2.51. The number of para-hydroxylation sites is 1. The van der Waals surface area contributed by atoms with Crippen molar-refractivity contribution in [2.75, 3.05) is 23.7 Å². The maximum absolute atomic E-state index is 14.3. The van der Waals surface area contributed by atoms with Gasteiger partial charge in [-0.2, -0.15) is 0 Å². The zero-order valence-electron chi connectivity index (χ0n) is 17.2. The molecular weight excluding hydrogens is 409 g/mol. The Morgan fingerprint density at radius 1 is 1.07 bits per heavy atom. The van der Waals surface area contributed by atoms with Gasteiger partial charge in [0, 0.05) is 13.1 Å². The summed E-state index contributed by atoms with van der Waals surface area (Å²) in [5.74, 6) is -1.74. The van der Waals surface area contributed by atoms with E-state index in [1.807, 2.05) is 6.07 Å². The molecule has 0 radical (unpaired) electrons. The van der Waals surface area contributed by atoms with Crippen LogP contribution in [0.25, 0.3) is 0 Å². The zero-order valence-corrected chi connectivity index (χ0v) is 18.0. The fourth-order valence-corrected chi connectivity index (χ4v) is 3.78. The predicted molar refractivity (Wildman–Crippen MR) is 114 cm³/mol. The standard InChI is InChI=1S/C21H26FN3O4S/c1-4-23-21(27)16(2)24(14-17-10-6-5-7-11-17)20(26)15-25(30(3,28)29)19-13-9-8-12-18(19)22/h5-13,16H,4,14-15H2,1-3H3,(H,23,27). The molecule has 0 aromatic heterocycles. The molecule has 2 aromatic rings. The van der Waals surface area contributed by atoms with Gasteiger partial charge in [0.2, 0.25) is 21.8 Å². The van der Waals surface area contributed by atoms with Gasteiger partial charge in [-0.05, 0) is 31.5 Å². The largest absolute Gasteiger partial charge is 0.355 e. The van der Waals surface area contributed by atoms with E-state index >= 15 is 0 Å². The van der Waals surface area contributed by atoms with Gasteiger partial charge < -0.3 is 10.2 Å². The van der Waals surface area contributed by atoms with Crippen LogP contribution in [-0.2, 0) is 26.2 Å². The molecule has 2 amide bonds. The van der Waals surface area contributed by atoms with Crippen LogP contribution in [0.5, 0.6) is 0 Å². The summed E-state index contributed by atoms with van der Waals surface area (Å²) in [5.41, 5.74) is 0.553. The molecule has 0 aliphatic heterocycles. The van der Waals surface area contributed by atoms with Gasteiger partial charge in [-0.1, -0.05) is 42.5 Å². The van der Waals surface area contributed by atoms with Crippen molar-refractivity contribution >= 4 is 27.5 Å². The van der Waals surface area contributed by atoms with Crippen molar-refractivity contribution in [3.8, 4) is 0 Å². The molecule has 0 heterocycles. The summed E-state index contributed by atoms with van der Waals surface area (Å²) in [6, 6.07) is 13.5. The lowest BCUT2D eigenvalue weighted by atomic mass is 10.1. The van der Waals surface area contributed by atoms with Crippen molar-refractivity contribution in [3.63, 3.8) is 0 Å². The summed E-state index contributed by atoms with van der Waals surface area (Å²) >= 11 is 0. The number of benzene rings is 2. The Kier molecular flexibility index (Phi) is 7.93. The van der Waals surface area contributed by atoms with Crippen molar-refractivity contribution in [3.05, 3.63) is 66.0 Å². The number of likely N-dealkylation sites (N-methyl/N-ethyl adjacent to an activating group) is 1. The first-order valence-corrected chi connectivity index (χ1v) is 11.3. The molecule has 1 atom stereocenters. The highest BCUT2D eigenvalue weighted by molar-refractivity contribution is 7.92. The highest BCUT2D eigenvalue weighted by Crippen LogP contribution is 2.22. The van der Waals surface area contributed by atoms with Gasteiger partial charge in [0.1, 0.15) is 18.4 Å². The molecule has 0 fully saturated rings. The van der Waals surface area contributed by atoms with Gasteiger partial charge >= 0.3 is 0 Å². The number of anilines is 1. The molecule has 0 aliphatic carbocycles. The first-order valence-electron chi connectivity index (χ1n) is 9.48. The van der Waals surface area contributed by atoms with Crippen molar-refractivity contribution in [2.45, 2.75) is 26.4 Å². The molecule has 0 spiro atoms. The fraction of sp³-hybridized carbons (Fsp3) is 0.333. The van der Waals surface area contributed by atoms with Gasteiger partial charge in [-0.15, -0.1) is 0 Å². The predicted octanol–water partition coefficient (Wildman–Crippen LogP) is 2.15. The van der Waals surface area contributed by atoms with Crippen molar-refractivity contribution in [2.24, 2.45) is 0 Å². The quantitative estimate of drug-likeness (QED) is 0.654. The van der Waals surface area contributed by atoms with Crippen LogP contribution in [-0.4, -0.2) is 50.5 Å². The second-order valence-corrected chi connectivity index (χ2v) is 8.71. The number of nitrogens with one attached hydrogen (secondary N) is 1. The number of sulfonamides is 1. The van der Waals surface area contributed by atoms with Crippen LogP contribution in [0.4, 0.5) is 10.1 Å². The summed E-state index contributed by atoms with van der Waals surface area (Å²) in [4.78, 5) is 26.8. The van der Waals surface area contributed by atoms with Crippen LogP contribution in [0.1, 0.15) is 19.4 Å². The number of carbonyl (C=O) groups is 2. The van der Waals surface area contributed by atoms with Gasteiger partial charge in [0.25, 0.3) is 0 Å². The van der Waals surface area contributed by atoms with E-state index in [1.165, 1.54) is 23.1 Å². The number of nitrogens with zero attached hydrogens (tertiary/aromatic N) is 2. The van der Waals surface area contributed by atoms with Crippen LogP contribution >= 0.6 is 0 Å². The average molecular weight is 436 g/mol. The molecule has 1 unspecified atom stereocenters. The van der Waals surface area contributed by atoms with Crippen molar-refractivity contribution < 1.29 is 22.4 Å². The summed E-state index contributed by atoms with van der Waals surface area (Å²) in [6.45, 7) is 3.20. The van der Waals surface area contributed by atoms with Crippen LogP contribution < -0.4 is 9.62 Å². The molecule has 2 aromatic carbocycles. The van der Waals surface area contributed by atoms with E-state index < -0.39 is 34.3 Å². The Morgan fingerprint density at radius 2 is 1.67 bits per heavy atom. The number of hydrogen-bond donors (Lipinski definition) is 1. The third-order valence-corrected chi connectivity index (χ3v) is 5.64. The second-order valence-electron chi connectivity index (χ2n) is 6.80. The molecule has 1 N–H and O–H groups in total. The summed E-state index contributed by atoms with van der Waals surface area (Å²) in [6.07, 6.45) is 0.904. The Morgan fingerprint density at radius 3 is 2.23 bits per heavy atom. The van der Waals surface area contributed by atoms with Crippen molar-refractivity contribution in [1.82, 2.24) is 10.2 Å². The second kappa shape index (κ2) is 10.2. The van der Waals surface area contributed by atoms with Gasteiger partial charge in [0.05, 0.1) is 11.9 Å². The smallest absolute Gasteiger partial charge is 0.244 e. The lowest BCUT2D eigenvalue weighted by Gasteiger charge is -2.31. The monoisotopic (exact) mass is 435 g/mol. The van der Waals surface area contributed by atoms with E-state index in [2.05, 4.69) is 5.32 Å².